The van der Waals surface area contributed by atoms with Crippen LogP contribution in [0.3, 0.4) is 0 Å². The van der Waals surface area contributed by atoms with Crippen LogP contribution < -0.4 is 0 Å². The molecule has 0 aliphatic carbocycles. The first-order chi connectivity index (χ1) is 8.56. The molecule has 0 aromatic carbocycles. The first-order valence-electron chi connectivity index (χ1n) is 6.47. The Labute approximate surface area is 107 Å². The van der Waals surface area contributed by atoms with E-state index in [2.05, 4.69) is 23.7 Å². The van der Waals surface area contributed by atoms with Crippen molar-refractivity contribution in [3.8, 4) is 0 Å². The van der Waals surface area contributed by atoms with Gasteiger partial charge in [0.2, 0.25) is 0 Å². The summed E-state index contributed by atoms with van der Waals surface area (Å²) < 4.78 is 5.35. The summed E-state index contributed by atoms with van der Waals surface area (Å²) in [4.78, 5) is 17.3. The molecule has 2 heterocycles. The monoisotopic (exact) mass is 252 g/mol. The standard InChI is InChI=1S/C13H20N2O3/c1-9(2)15-5-3-4-11(15)7-12-14-10(8-18-12)6-13(16)17/h8-9,11H,3-7H2,1-2H3,(H,16,17). The largest absolute Gasteiger partial charge is 0.481 e. The SMILES string of the molecule is CC(C)N1CCCC1Cc1nc(CC(=O)O)co1. The lowest BCUT2D eigenvalue weighted by Crippen LogP contribution is -2.36. The van der Waals surface area contributed by atoms with E-state index in [4.69, 9.17) is 9.52 Å². The number of nitrogens with zero attached hydrogens (tertiary/aromatic N) is 2. The molecule has 0 amide bonds. The highest BCUT2D eigenvalue weighted by atomic mass is 16.4. The highest BCUT2D eigenvalue weighted by molar-refractivity contribution is 5.69. The lowest BCUT2D eigenvalue weighted by molar-refractivity contribution is -0.136. The van der Waals surface area contributed by atoms with Gasteiger partial charge in [-0.05, 0) is 33.2 Å². The van der Waals surface area contributed by atoms with Crippen LogP contribution in [0.2, 0.25) is 0 Å². The molecule has 1 aromatic heterocycles. The van der Waals surface area contributed by atoms with E-state index in [1.807, 2.05) is 0 Å². The van der Waals surface area contributed by atoms with Gasteiger partial charge in [-0.2, -0.15) is 0 Å². The Bertz CT molecular complexity index is 414. The van der Waals surface area contributed by atoms with Crippen LogP contribution >= 0.6 is 0 Å². The molecule has 1 saturated heterocycles. The minimum atomic E-state index is -0.875. The van der Waals surface area contributed by atoms with Gasteiger partial charge < -0.3 is 9.52 Å². The normalized spacial score (nSPS) is 20.7. The number of oxazole rings is 1. The number of rotatable bonds is 5. The molecule has 0 radical (unpaired) electrons. The molecule has 5 nitrogen and oxygen atoms in total. The Balaban J connectivity index is 1.96. The number of hydrogen-bond acceptors (Lipinski definition) is 4. The lowest BCUT2D eigenvalue weighted by atomic mass is 10.1. The molecule has 2 rings (SSSR count). The summed E-state index contributed by atoms with van der Waals surface area (Å²) in [5, 5.41) is 8.69. The first kappa shape index (κ1) is 13.1. The van der Waals surface area contributed by atoms with Crippen molar-refractivity contribution in [1.29, 1.82) is 0 Å². The number of aliphatic carboxylic acids is 1. The third kappa shape index (κ3) is 3.10. The predicted octanol–water partition coefficient (Wildman–Crippen LogP) is 1.72. The van der Waals surface area contributed by atoms with Gasteiger partial charge in [0.25, 0.3) is 0 Å². The summed E-state index contributed by atoms with van der Waals surface area (Å²) in [5.41, 5.74) is 0.506. The van der Waals surface area contributed by atoms with Gasteiger partial charge in [-0.1, -0.05) is 0 Å². The van der Waals surface area contributed by atoms with Crippen molar-refractivity contribution in [1.82, 2.24) is 9.88 Å². The number of carbonyl (C=O) groups is 1. The van der Waals surface area contributed by atoms with Gasteiger partial charge in [-0.15, -0.1) is 0 Å². The van der Waals surface area contributed by atoms with Crippen LogP contribution in [0.25, 0.3) is 0 Å². The van der Waals surface area contributed by atoms with Gasteiger partial charge in [0.1, 0.15) is 6.26 Å². The van der Waals surface area contributed by atoms with E-state index >= 15 is 0 Å². The highest BCUT2D eigenvalue weighted by Gasteiger charge is 2.27. The van der Waals surface area contributed by atoms with Gasteiger partial charge >= 0.3 is 5.97 Å². The van der Waals surface area contributed by atoms with Crippen molar-refractivity contribution in [3.05, 3.63) is 17.8 Å². The second-order valence-corrected chi connectivity index (χ2v) is 5.13. The second-order valence-electron chi connectivity index (χ2n) is 5.13. The topological polar surface area (TPSA) is 66.6 Å². The maximum atomic E-state index is 10.6. The average molecular weight is 252 g/mol. The van der Waals surface area contributed by atoms with Gasteiger partial charge in [0.05, 0.1) is 12.1 Å². The predicted molar refractivity (Wildman–Crippen MR) is 66.4 cm³/mol. The quantitative estimate of drug-likeness (QED) is 0.864. The van der Waals surface area contributed by atoms with Crippen LogP contribution in [0.4, 0.5) is 0 Å². The number of aromatic nitrogens is 1. The zero-order chi connectivity index (χ0) is 13.1. The maximum Gasteiger partial charge on any atom is 0.309 e. The van der Waals surface area contributed by atoms with Crippen LogP contribution in [0.5, 0.6) is 0 Å². The molecule has 5 heteroatoms. The van der Waals surface area contributed by atoms with Crippen molar-refractivity contribution >= 4 is 5.97 Å². The second kappa shape index (κ2) is 5.52. The van der Waals surface area contributed by atoms with Gasteiger partial charge in [0.15, 0.2) is 5.89 Å². The summed E-state index contributed by atoms with van der Waals surface area (Å²) in [7, 11) is 0. The third-order valence-corrected chi connectivity index (χ3v) is 3.43. The molecule has 0 saturated carbocycles. The van der Waals surface area contributed by atoms with Gasteiger partial charge in [-0.25, -0.2) is 4.98 Å². The van der Waals surface area contributed by atoms with Crippen LogP contribution in [-0.2, 0) is 17.6 Å². The molecule has 1 fully saturated rings. The maximum absolute atomic E-state index is 10.6. The summed E-state index contributed by atoms with van der Waals surface area (Å²) >= 11 is 0. The van der Waals surface area contributed by atoms with Crippen molar-refractivity contribution in [2.75, 3.05) is 6.54 Å². The van der Waals surface area contributed by atoms with E-state index < -0.39 is 5.97 Å². The fourth-order valence-electron chi connectivity index (χ4n) is 2.64. The molecule has 1 aromatic rings. The molecular weight excluding hydrogens is 232 g/mol. The van der Waals surface area contributed by atoms with Crippen LogP contribution in [0.15, 0.2) is 10.7 Å². The van der Waals surface area contributed by atoms with E-state index in [1.54, 1.807) is 0 Å². The minimum Gasteiger partial charge on any atom is -0.481 e. The lowest BCUT2D eigenvalue weighted by Gasteiger charge is -2.27. The highest BCUT2D eigenvalue weighted by Crippen LogP contribution is 2.23. The van der Waals surface area contributed by atoms with E-state index in [0.717, 1.165) is 19.4 Å². The summed E-state index contributed by atoms with van der Waals surface area (Å²) in [6, 6.07) is 1.01. The van der Waals surface area contributed by atoms with Crippen LogP contribution in [0, 0.1) is 0 Å². The van der Waals surface area contributed by atoms with Crippen LogP contribution in [0.1, 0.15) is 38.3 Å². The molecule has 0 bridgehead atoms. The van der Waals surface area contributed by atoms with Gasteiger partial charge in [0, 0.05) is 18.5 Å². The molecule has 18 heavy (non-hydrogen) atoms. The number of hydrogen-bond donors (Lipinski definition) is 1. The molecule has 100 valence electrons. The van der Waals surface area contributed by atoms with Crippen molar-refractivity contribution in [3.63, 3.8) is 0 Å². The molecule has 1 aliphatic heterocycles. The molecular formula is C13H20N2O3. The number of carboxylic acid groups (broad SMARTS) is 1. The smallest absolute Gasteiger partial charge is 0.309 e. The van der Waals surface area contributed by atoms with Crippen molar-refractivity contribution in [2.24, 2.45) is 0 Å². The Kier molecular flexibility index (Phi) is 4.01. The summed E-state index contributed by atoms with van der Waals surface area (Å²) in [5.74, 6) is -0.219. The van der Waals surface area contributed by atoms with Crippen molar-refractivity contribution in [2.45, 2.75) is 51.6 Å². The number of carboxylic acids is 1. The van der Waals surface area contributed by atoms with E-state index in [-0.39, 0.29) is 6.42 Å². The summed E-state index contributed by atoms with van der Waals surface area (Å²) in [6.45, 7) is 5.53. The zero-order valence-corrected chi connectivity index (χ0v) is 10.9. The molecule has 1 unspecified atom stereocenters. The molecule has 1 N–H and O–H groups in total. The first-order valence-corrected chi connectivity index (χ1v) is 6.47. The molecule has 1 atom stereocenters. The van der Waals surface area contributed by atoms with Crippen LogP contribution in [-0.4, -0.2) is 39.6 Å². The molecule has 0 spiro atoms. The molecule has 1 aliphatic rings. The zero-order valence-electron chi connectivity index (χ0n) is 10.9. The van der Waals surface area contributed by atoms with E-state index in [9.17, 15) is 4.79 Å². The average Bonchev–Trinajstić information content (AvgIpc) is 2.87. The van der Waals surface area contributed by atoms with E-state index in [1.165, 1.54) is 12.7 Å². The summed E-state index contributed by atoms with van der Waals surface area (Å²) in [6.07, 6.45) is 4.54. The Hall–Kier alpha value is -1.36. The fraction of sp³-hybridized carbons (Fsp3) is 0.692. The number of likely N-dealkylation sites (tertiary alicyclic amines) is 1. The Morgan fingerprint density at radius 2 is 2.44 bits per heavy atom. The fourth-order valence-corrected chi connectivity index (χ4v) is 2.64. The van der Waals surface area contributed by atoms with Gasteiger partial charge in [-0.3, -0.25) is 9.69 Å². The third-order valence-electron chi connectivity index (χ3n) is 3.43. The Morgan fingerprint density at radius 1 is 1.67 bits per heavy atom. The Morgan fingerprint density at radius 3 is 3.11 bits per heavy atom. The van der Waals surface area contributed by atoms with E-state index in [0.29, 0.717) is 23.7 Å². The minimum absolute atomic E-state index is 0.0674. The van der Waals surface area contributed by atoms with Crippen molar-refractivity contribution < 1.29 is 14.3 Å².